The second-order valence-electron chi connectivity index (χ2n) is 6.88. The minimum Gasteiger partial charge on any atom is -0.497 e. The molecule has 3 aromatic rings. The van der Waals surface area contributed by atoms with Gasteiger partial charge in [-0.15, -0.1) is 0 Å². The third-order valence-corrected chi connectivity index (χ3v) is 6.02. The Bertz CT molecular complexity index is 1290. The smallest absolute Gasteiger partial charge is 0.292 e. The van der Waals surface area contributed by atoms with Crippen LogP contribution in [0.5, 0.6) is 11.5 Å². The molecular formula is C22H22N4O7S. The Balaban J connectivity index is 1.75. The molecule has 0 aliphatic rings. The average Bonchev–Trinajstić information content (AvgIpc) is 2.83. The summed E-state index contributed by atoms with van der Waals surface area (Å²) in [4.78, 5) is 22.7. The number of hydrogen-bond acceptors (Lipinski definition) is 8. The first kappa shape index (κ1) is 24.3. The Morgan fingerprint density at radius 2 is 1.65 bits per heavy atom. The summed E-state index contributed by atoms with van der Waals surface area (Å²) in [6.45, 7) is -0.275. The molecule has 3 N–H and O–H groups in total. The molecule has 0 heterocycles. The highest BCUT2D eigenvalue weighted by atomic mass is 32.2. The molecule has 0 radical (unpaired) electrons. The van der Waals surface area contributed by atoms with E-state index in [-0.39, 0.29) is 34.3 Å². The number of ether oxygens (including phenoxy) is 2. The van der Waals surface area contributed by atoms with Crippen molar-refractivity contribution in [2.75, 3.05) is 36.1 Å². The third kappa shape index (κ3) is 5.92. The summed E-state index contributed by atoms with van der Waals surface area (Å²) >= 11 is 0. The van der Waals surface area contributed by atoms with Crippen molar-refractivity contribution >= 4 is 38.7 Å². The number of sulfonamides is 1. The highest BCUT2D eigenvalue weighted by Gasteiger charge is 2.21. The van der Waals surface area contributed by atoms with Gasteiger partial charge in [-0.25, -0.2) is 8.42 Å². The van der Waals surface area contributed by atoms with Crippen molar-refractivity contribution in [2.45, 2.75) is 4.90 Å². The van der Waals surface area contributed by atoms with Gasteiger partial charge in [-0.1, -0.05) is 12.1 Å². The summed E-state index contributed by atoms with van der Waals surface area (Å²) in [5, 5.41) is 16.4. The van der Waals surface area contributed by atoms with E-state index in [4.69, 9.17) is 9.47 Å². The Morgan fingerprint density at radius 1 is 0.971 bits per heavy atom. The SMILES string of the molecule is COc1ccc(NS(=O)(=O)c2cc(NC(=O)CNc3ccccc3[N+](=O)[O-])ccc2OC)cc1. The largest absolute Gasteiger partial charge is 0.497 e. The molecule has 11 nitrogen and oxygen atoms in total. The van der Waals surface area contributed by atoms with Crippen LogP contribution in [0.15, 0.2) is 71.6 Å². The highest BCUT2D eigenvalue weighted by Crippen LogP contribution is 2.29. The number of rotatable bonds is 10. The molecule has 0 aliphatic carbocycles. The minimum atomic E-state index is -4.06. The Morgan fingerprint density at radius 3 is 2.29 bits per heavy atom. The number of carbonyl (C=O) groups excluding carboxylic acids is 1. The molecule has 0 fully saturated rings. The van der Waals surface area contributed by atoms with Crippen LogP contribution in [0.3, 0.4) is 0 Å². The van der Waals surface area contributed by atoms with Crippen LogP contribution in [0.1, 0.15) is 0 Å². The summed E-state index contributed by atoms with van der Waals surface area (Å²) in [5.74, 6) is 0.117. The van der Waals surface area contributed by atoms with E-state index in [1.54, 1.807) is 30.3 Å². The molecule has 0 aliphatic heterocycles. The highest BCUT2D eigenvalue weighted by molar-refractivity contribution is 7.92. The lowest BCUT2D eigenvalue weighted by Gasteiger charge is -2.14. The van der Waals surface area contributed by atoms with Crippen molar-refractivity contribution in [3.63, 3.8) is 0 Å². The first-order chi connectivity index (χ1) is 16.2. The number of anilines is 3. The Kier molecular flexibility index (Phi) is 7.53. The van der Waals surface area contributed by atoms with Crippen LogP contribution >= 0.6 is 0 Å². The third-order valence-electron chi connectivity index (χ3n) is 4.62. The van der Waals surface area contributed by atoms with E-state index in [0.29, 0.717) is 11.4 Å². The van der Waals surface area contributed by atoms with E-state index in [9.17, 15) is 23.3 Å². The molecule has 0 unspecified atom stereocenters. The Hall–Kier alpha value is -4.32. The van der Waals surface area contributed by atoms with E-state index in [1.807, 2.05) is 0 Å². The fourth-order valence-corrected chi connectivity index (χ4v) is 4.25. The van der Waals surface area contributed by atoms with Gasteiger partial charge in [-0.05, 0) is 48.5 Å². The molecule has 1 amide bonds. The zero-order valence-corrected chi connectivity index (χ0v) is 19.1. The molecule has 12 heteroatoms. The van der Waals surface area contributed by atoms with Crippen LogP contribution in [0.2, 0.25) is 0 Å². The first-order valence-electron chi connectivity index (χ1n) is 9.85. The van der Waals surface area contributed by atoms with E-state index in [0.717, 1.165) is 0 Å². The van der Waals surface area contributed by atoms with Crippen LogP contribution in [0.25, 0.3) is 0 Å². The van der Waals surface area contributed by atoms with Gasteiger partial charge in [0.05, 0.1) is 25.7 Å². The monoisotopic (exact) mass is 486 g/mol. The lowest BCUT2D eigenvalue weighted by atomic mass is 10.2. The van der Waals surface area contributed by atoms with Gasteiger partial charge in [0.15, 0.2) is 0 Å². The zero-order valence-electron chi connectivity index (χ0n) is 18.3. The van der Waals surface area contributed by atoms with E-state index < -0.39 is 20.9 Å². The summed E-state index contributed by atoms with van der Waals surface area (Å²) < 4.78 is 38.6. The minimum absolute atomic E-state index is 0.0806. The van der Waals surface area contributed by atoms with Gasteiger partial charge >= 0.3 is 0 Å². The fourth-order valence-electron chi connectivity index (χ4n) is 3.00. The molecule has 0 aromatic heterocycles. The molecule has 0 atom stereocenters. The van der Waals surface area contributed by atoms with Crippen LogP contribution in [-0.2, 0) is 14.8 Å². The predicted octanol–water partition coefficient (Wildman–Crippen LogP) is 3.46. The summed E-state index contributed by atoms with van der Waals surface area (Å²) in [6, 6.07) is 16.4. The quantitative estimate of drug-likeness (QED) is 0.291. The van der Waals surface area contributed by atoms with Crippen LogP contribution in [-0.4, -0.2) is 40.0 Å². The van der Waals surface area contributed by atoms with Gasteiger partial charge in [0.2, 0.25) is 5.91 Å². The van der Waals surface area contributed by atoms with E-state index >= 15 is 0 Å². The van der Waals surface area contributed by atoms with Crippen molar-refractivity contribution in [1.29, 1.82) is 0 Å². The molecule has 34 heavy (non-hydrogen) atoms. The lowest BCUT2D eigenvalue weighted by Crippen LogP contribution is -2.22. The predicted molar refractivity (Wildman–Crippen MR) is 127 cm³/mol. The molecule has 3 rings (SSSR count). The lowest BCUT2D eigenvalue weighted by molar-refractivity contribution is -0.383. The van der Waals surface area contributed by atoms with Gasteiger partial charge < -0.3 is 20.1 Å². The Labute approximate surface area is 195 Å². The maximum Gasteiger partial charge on any atom is 0.292 e. The van der Waals surface area contributed by atoms with Gasteiger partial charge in [-0.2, -0.15) is 0 Å². The molecule has 178 valence electrons. The number of benzene rings is 3. The molecule has 0 saturated heterocycles. The average molecular weight is 487 g/mol. The van der Waals surface area contributed by atoms with Crippen molar-refractivity contribution < 1.29 is 27.6 Å². The number of nitro groups is 1. The number of nitrogens with zero attached hydrogens (tertiary/aromatic N) is 1. The number of carbonyl (C=O) groups is 1. The van der Waals surface area contributed by atoms with Crippen molar-refractivity contribution in [3.05, 3.63) is 76.8 Å². The normalized spacial score (nSPS) is 10.8. The number of nitro benzene ring substituents is 1. The van der Waals surface area contributed by atoms with Crippen molar-refractivity contribution in [1.82, 2.24) is 0 Å². The maximum absolute atomic E-state index is 13.0. The number of para-hydroxylation sites is 2. The summed E-state index contributed by atoms with van der Waals surface area (Å²) in [5.41, 5.74) is 0.526. The summed E-state index contributed by atoms with van der Waals surface area (Å²) in [6.07, 6.45) is 0. The second-order valence-corrected chi connectivity index (χ2v) is 8.53. The van der Waals surface area contributed by atoms with Crippen LogP contribution in [0.4, 0.5) is 22.7 Å². The second kappa shape index (κ2) is 10.5. The fraction of sp³-hybridized carbons (Fsp3) is 0.136. The standard InChI is InChI=1S/C22H22N4O7S/c1-32-17-10-7-15(8-11-17)25-34(30,31)21-13-16(9-12-20(21)33-2)24-22(27)14-23-18-5-3-4-6-19(18)26(28)29/h3-13,23,25H,14H2,1-2H3,(H,24,27). The van der Waals surface area contributed by atoms with Gasteiger partial charge in [0.25, 0.3) is 15.7 Å². The molecule has 0 saturated carbocycles. The van der Waals surface area contributed by atoms with E-state index in [1.165, 1.54) is 50.6 Å². The van der Waals surface area contributed by atoms with E-state index in [2.05, 4.69) is 15.4 Å². The van der Waals surface area contributed by atoms with Crippen molar-refractivity contribution in [2.24, 2.45) is 0 Å². The van der Waals surface area contributed by atoms with Crippen LogP contribution < -0.4 is 24.8 Å². The van der Waals surface area contributed by atoms with Crippen molar-refractivity contribution in [3.8, 4) is 11.5 Å². The molecule has 3 aromatic carbocycles. The molecular weight excluding hydrogens is 464 g/mol. The van der Waals surface area contributed by atoms with Gasteiger partial charge in [-0.3, -0.25) is 19.6 Å². The zero-order chi connectivity index (χ0) is 24.7. The number of amides is 1. The summed E-state index contributed by atoms with van der Waals surface area (Å²) in [7, 11) is -1.23. The van der Waals surface area contributed by atoms with Crippen LogP contribution in [0, 0.1) is 10.1 Å². The number of methoxy groups -OCH3 is 2. The first-order valence-corrected chi connectivity index (χ1v) is 11.3. The molecule has 0 bridgehead atoms. The maximum atomic E-state index is 13.0. The molecule has 0 spiro atoms. The van der Waals surface area contributed by atoms with Gasteiger partial charge in [0, 0.05) is 17.4 Å². The van der Waals surface area contributed by atoms with Gasteiger partial charge in [0.1, 0.15) is 22.1 Å². The number of hydrogen-bond donors (Lipinski definition) is 3. The number of nitrogens with one attached hydrogen (secondary N) is 3. The topological polar surface area (TPSA) is 149 Å².